The topological polar surface area (TPSA) is 38.7 Å². The molecule has 4 rings (SSSR count). The third kappa shape index (κ3) is 5.18. The van der Waals surface area contributed by atoms with E-state index in [0.29, 0.717) is 29.1 Å². The Labute approximate surface area is 207 Å². The normalized spacial score (nSPS) is 29.6. The van der Waals surface area contributed by atoms with Gasteiger partial charge in [0.15, 0.2) is 8.32 Å². The van der Waals surface area contributed by atoms with Gasteiger partial charge in [0.25, 0.3) is 0 Å². The summed E-state index contributed by atoms with van der Waals surface area (Å²) in [7, 11) is -1.83. The number of benzene rings is 1. The van der Waals surface area contributed by atoms with E-state index in [1.807, 2.05) is 49.0 Å². The molecule has 33 heavy (non-hydrogen) atoms. The number of thioether (sulfide) groups is 1. The van der Waals surface area contributed by atoms with Gasteiger partial charge in [-0.15, -0.1) is 11.8 Å². The van der Waals surface area contributed by atoms with Gasteiger partial charge >= 0.3 is 0 Å². The first-order valence-corrected chi connectivity index (χ1v) is 16.5. The molecule has 2 bridgehead atoms. The van der Waals surface area contributed by atoms with E-state index in [0.717, 1.165) is 24.5 Å². The van der Waals surface area contributed by atoms with Crippen molar-refractivity contribution in [2.75, 3.05) is 13.2 Å². The van der Waals surface area contributed by atoms with E-state index in [-0.39, 0.29) is 5.04 Å². The van der Waals surface area contributed by atoms with Crippen molar-refractivity contribution in [1.82, 2.24) is 0 Å². The van der Waals surface area contributed by atoms with E-state index in [1.165, 1.54) is 6.42 Å². The minimum Gasteiger partial charge on any atom is -0.416 e. The first kappa shape index (κ1) is 27.0. The highest BCUT2D eigenvalue weighted by atomic mass is 32.2. The molecule has 3 aliphatic carbocycles. The molecule has 3 fully saturated rings. The lowest BCUT2D eigenvalue weighted by Gasteiger charge is -2.63. The lowest BCUT2D eigenvalue weighted by atomic mass is 9.45. The van der Waals surface area contributed by atoms with Gasteiger partial charge in [-0.25, -0.2) is 0 Å². The lowest BCUT2D eigenvalue weighted by molar-refractivity contribution is -0.112. The molecule has 3 saturated carbocycles. The van der Waals surface area contributed by atoms with E-state index >= 15 is 0 Å². The van der Waals surface area contributed by atoms with Gasteiger partial charge in [0.05, 0.1) is 0 Å². The minimum atomic E-state index is -1.83. The van der Waals surface area contributed by atoms with Crippen LogP contribution in [-0.2, 0) is 14.8 Å². The van der Waals surface area contributed by atoms with Crippen molar-refractivity contribution >= 4 is 20.1 Å². The molecule has 6 atom stereocenters. The van der Waals surface area contributed by atoms with Crippen molar-refractivity contribution < 1.29 is 14.3 Å². The molecule has 3 nitrogen and oxygen atoms in total. The molecule has 0 saturated heterocycles. The van der Waals surface area contributed by atoms with Gasteiger partial charge in [0, 0.05) is 18.5 Å². The quantitative estimate of drug-likeness (QED) is 0.213. The smallest absolute Gasteiger partial charge is 0.191 e. The zero-order valence-electron chi connectivity index (χ0n) is 22.1. The molecule has 0 aromatic heterocycles. The molecular weight excluding hydrogens is 444 g/mol. The van der Waals surface area contributed by atoms with Crippen LogP contribution in [0.3, 0.4) is 0 Å². The molecule has 0 amide bonds. The maximum atomic E-state index is 11.8. The molecule has 0 radical (unpaired) electrons. The number of rotatable bonds is 10. The van der Waals surface area contributed by atoms with Crippen LogP contribution in [0.5, 0.6) is 0 Å². The molecule has 186 valence electrons. The summed E-state index contributed by atoms with van der Waals surface area (Å²) in [6, 6.07) is 9.83. The monoisotopic (exact) mass is 490 g/mol. The Morgan fingerprint density at radius 3 is 2.36 bits per heavy atom. The van der Waals surface area contributed by atoms with Crippen molar-refractivity contribution in [3.8, 4) is 0 Å². The van der Waals surface area contributed by atoms with Gasteiger partial charge in [-0.3, -0.25) is 0 Å². The second kappa shape index (κ2) is 9.81. The van der Waals surface area contributed by atoms with Crippen LogP contribution in [-0.4, -0.2) is 37.3 Å². The molecule has 1 aromatic rings. The number of ether oxygens (including phenoxy) is 1. The summed E-state index contributed by atoms with van der Waals surface area (Å²) in [6.07, 6.45) is 4.12. The number of aliphatic hydroxyl groups is 1. The fourth-order valence-corrected chi connectivity index (χ4v) is 8.26. The fraction of sp³-hybridized carbons (Fsp3) is 0.714. The third-order valence-electron chi connectivity index (χ3n) is 9.02. The number of hydrogen-bond donors (Lipinski definition) is 1. The van der Waals surface area contributed by atoms with Gasteiger partial charge in [-0.05, 0) is 66.6 Å². The summed E-state index contributed by atoms with van der Waals surface area (Å²) >= 11 is 1.81. The van der Waals surface area contributed by atoms with Crippen molar-refractivity contribution in [3.63, 3.8) is 0 Å². The zero-order chi connectivity index (χ0) is 24.7. The van der Waals surface area contributed by atoms with Gasteiger partial charge < -0.3 is 14.3 Å². The molecule has 1 aromatic carbocycles. The second-order valence-electron chi connectivity index (χ2n) is 12.2. The summed E-state index contributed by atoms with van der Waals surface area (Å²) in [5, 5.41) is 12.4. The van der Waals surface area contributed by atoms with E-state index < -0.39 is 19.4 Å². The van der Waals surface area contributed by atoms with Gasteiger partial charge in [0.2, 0.25) is 0 Å². The van der Waals surface area contributed by atoms with Crippen molar-refractivity contribution in [3.05, 3.63) is 48.6 Å². The molecule has 0 spiro atoms. The minimum absolute atomic E-state index is 0.201. The second-order valence-corrected chi connectivity index (χ2v) is 18.3. The molecule has 0 unspecified atom stereocenters. The number of fused-ring (bicyclic) bond motifs is 2. The molecule has 0 aliphatic heterocycles. The number of hydrogen-bond acceptors (Lipinski definition) is 4. The maximum Gasteiger partial charge on any atom is 0.191 e. The average molecular weight is 491 g/mol. The summed E-state index contributed by atoms with van der Waals surface area (Å²) in [5.74, 6) is 1.87. The third-order valence-corrected chi connectivity index (χ3v) is 15.2. The largest absolute Gasteiger partial charge is 0.416 e. The van der Waals surface area contributed by atoms with Crippen LogP contribution in [0.4, 0.5) is 0 Å². The Hall–Kier alpha value is -0.593. The lowest BCUT2D eigenvalue weighted by Crippen LogP contribution is -2.59. The van der Waals surface area contributed by atoms with Crippen molar-refractivity contribution in [1.29, 1.82) is 0 Å². The highest BCUT2D eigenvalue weighted by Crippen LogP contribution is 2.64. The molecule has 1 N–H and O–H groups in total. The van der Waals surface area contributed by atoms with Crippen LogP contribution in [0.2, 0.25) is 18.1 Å². The van der Waals surface area contributed by atoms with Gasteiger partial charge in [-0.1, -0.05) is 77.6 Å². The van der Waals surface area contributed by atoms with Crippen LogP contribution in [0.1, 0.15) is 59.9 Å². The van der Waals surface area contributed by atoms with E-state index in [1.54, 1.807) is 6.08 Å². The standard InChI is InChI=1S/C28H46O3SSi/c1-10-28(29,20-15-13-12-14-16-20)25(30-11-2)32-24-18-21-17-23(27(21,6)7)22(24)19-31-33(8,9)26(3,4)5/h10,12-16,21-25,29H,1,11,17-19H2,2-9H3/t21-,22+,23+,24+,25-,28+/m1/s1. The van der Waals surface area contributed by atoms with Crippen molar-refractivity contribution in [2.24, 2.45) is 23.2 Å². The van der Waals surface area contributed by atoms with E-state index in [2.05, 4.69) is 54.3 Å². The summed E-state index contributed by atoms with van der Waals surface area (Å²) in [6.45, 7) is 23.9. The Morgan fingerprint density at radius 1 is 1.21 bits per heavy atom. The molecular formula is C28H46O3SSi. The summed E-state index contributed by atoms with van der Waals surface area (Å²) < 4.78 is 13.0. The van der Waals surface area contributed by atoms with Gasteiger partial charge in [-0.2, -0.15) is 0 Å². The fourth-order valence-electron chi connectivity index (χ4n) is 5.43. The Morgan fingerprint density at radius 2 is 1.85 bits per heavy atom. The summed E-state index contributed by atoms with van der Waals surface area (Å²) in [4.78, 5) is 0. The molecule has 3 aliphatic rings. The first-order valence-electron chi connectivity index (χ1n) is 12.6. The predicted octanol–water partition coefficient (Wildman–Crippen LogP) is 7.23. The Bertz CT molecular complexity index is 803. The molecule has 0 heterocycles. The summed E-state index contributed by atoms with van der Waals surface area (Å²) in [5.41, 5.74) is -0.428. The zero-order valence-corrected chi connectivity index (χ0v) is 23.9. The highest BCUT2D eigenvalue weighted by Gasteiger charge is 2.59. The highest BCUT2D eigenvalue weighted by molar-refractivity contribution is 8.00. The van der Waals surface area contributed by atoms with E-state index in [4.69, 9.17) is 9.16 Å². The average Bonchev–Trinajstić information content (AvgIpc) is 2.76. The van der Waals surface area contributed by atoms with E-state index in [9.17, 15) is 5.11 Å². The van der Waals surface area contributed by atoms with Crippen LogP contribution in [0.25, 0.3) is 0 Å². The SMILES string of the molecule is C=C[C@](O)(c1ccccc1)[C@H](OCC)S[C@H]1C[C@H]2C[C@@H]([C@@H]1CO[Si](C)(C)C(C)(C)C)C2(C)C. The van der Waals surface area contributed by atoms with Gasteiger partial charge in [0.1, 0.15) is 11.0 Å². The predicted molar refractivity (Wildman–Crippen MR) is 144 cm³/mol. The maximum absolute atomic E-state index is 11.8. The Balaban J connectivity index is 1.85. The Kier molecular flexibility index (Phi) is 8.03. The van der Waals surface area contributed by atoms with Crippen LogP contribution in [0, 0.1) is 23.2 Å². The van der Waals surface area contributed by atoms with Crippen LogP contribution >= 0.6 is 11.8 Å². The van der Waals surface area contributed by atoms with Crippen LogP contribution in [0.15, 0.2) is 43.0 Å². The van der Waals surface area contributed by atoms with Crippen LogP contribution < -0.4 is 0 Å². The molecule has 5 heteroatoms. The first-order chi connectivity index (χ1) is 15.3. The van der Waals surface area contributed by atoms with Crippen molar-refractivity contribution in [2.45, 2.75) is 88.8 Å².